The van der Waals surface area contributed by atoms with Crippen LogP contribution < -0.4 is 10.2 Å². The Kier molecular flexibility index (Phi) is 5.87. The molecule has 1 aromatic heterocycles. The van der Waals surface area contributed by atoms with Crippen molar-refractivity contribution in [3.8, 4) is 5.95 Å². The Hall–Kier alpha value is -3.35. The van der Waals surface area contributed by atoms with E-state index in [1.807, 2.05) is 19.1 Å². The van der Waals surface area contributed by atoms with Crippen LogP contribution in [-0.4, -0.2) is 12.0 Å². The summed E-state index contributed by atoms with van der Waals surface area (Å²) in [6.45, 7) is 5.35. The third kappa shape index (κ3) is 4.39. The van der Waals surface area contributed by atoms with Crippen molar-refractivity contribution in [2.45, 2.75) is 39.7 Å². The minimum Gasteiger partial charge on any atom is -0.487 e. The SMILES string of the molecule is COc1oc([C@H]2CCC(=CC(C)=Cc3ccc([N+](=O)[O-])cc3)O2)c(C)c(=O)c1C. The zero-order valence-corrected chi connectivity index (χ0v) is 16.9. The second-order valence-electron chi connectivity index (χ2n) is 7.03. The van der Waals surface area contributed by atoms with Crippen LogP contribution in [0.15, 0.2) is 50.9 Å². The van der Waals surface area contributed by atoms with Crippen molar-refractivity contribution in [3.05, 3.63) is 84.5 Å². The van der Waals surface area contributed by atoms with Crippen molar-refractivity contribution in [3.63, 3.8) is 0 Å². The molecular weight excluding hydrogens is 374 g/mol. The summed E-state index contributed by atoms with van der Waals surface area (Å²) in [5, 5.41) is 10.7. The fourth-order valence-corrected chi connectivity index (χ4v) is 3.36. The Balaban J connectivity index is 1.78. The van der Waals surface area contributed by atoms with Gasteiger partial charge in [-0.1, -0.05) is 6.08 Å². The van der Waals surface area contributed by atoms with E-state index in [9.17, 15) is 14.9 Å². The van der Waals surface area contributed by atoms with E-state index < -0.39 is 4.92 Å². The highest BCUT2D eigenvalue weighted by molar-refractivity contribution is 5.57. The van der Waals surface area contributed by atoms with Crippen molar-refractivity contribution < 1.29 is 18.8 Å². The third-order valence-electron chi connectivity index (χ3n) is 4.87. The highest BCUT2D eigenvalue weighted by Gasteiger charge is 2.28. The standard InChI is InChI=1S/C22H23NO6/c1-13(11-16-5-7-17(8-6-16)23(25)26)12-18-9-10-19(28-18)21-14(2)20(24)15(3)22(27-4)29-21/h5-8,11-12,19H,9-10H2,1-4H3/t19-/m1/s1. The van der Waals surface area contributed by atoms with Gasteiger partial charge in [-0.2, -0.15) is 0 Å². The molecular formula is C22H23NO6. The summed E-state index contributed by atoms with van der Waals surface area (Å²) >= 11 is 0. The minimum atomic E-state index is -0.421. The van der Waals surface area contributed by atoms with Crippen LogP contribution >= 0.6 is 0 Å². The molecule has 0 N–H and O–H groups in total. The number of benzene rings is 1. The molecule has 152 valence electrons. The molecule has 3 rings (SSSR count). The minimum absolute atomic E-state index is 0.0607. The first kappa shape index (κ1) is 20.4. The molecule has 1 atom stereocenters. The molecule has 0 unspecified atom stereocenters. The average Bonchev–Trinajstić information content (AvgIpc) is 3.14. The fourth-order valence-electron chi connectivity index (χ4n) is 3.36. The second kappa shape index (κ2) is 8.34. The Morgan fingerprint density at radius 2 is 1.93 bits per heavy atom. The number of non-ortho nitro benzene ring substituents is 1. The van der Waals surface area contributed by atoms with Crippen molar-refractivity contribution in [1.82, 2.24) is 0 Å². The lowest BCUT2D eigenvalue weighted by atomic mass is 10.1. The van der Waals surface area contributed by atoms with E-state index in [2.05, 4.69) is 0 Å². The van der Waals surface area contributed by atoms with E-state index in [0.29, 0.717) is 23.3 Å². The number of methoxy groups -OCH3 is 1. The smallest absolute Gasteiger partial charge is 0.291 e. The van der Waals surface area contributed by atoms with Crippen LogP contribution in [0.2, 0.25) is 0 Å². The van der Waals surface area contributed by atoms with Crippen molar-refractivity contribution >= 4 is 11.8 Å². The molecule has 1 fully saturated rings. The van der Waals surface area contributed by atoms with Crippen LogP contribution in [0.5, 0.6) is 5.95 Å². The van der Waals surface area contributed by atoms with Gasteiger partial charge in [0.15, 0.2) is 17.3 Å². The van der Waals surface area contributed by atoms with Crippen LogP contribution in [-0.2, 0) is 4.74 Å². The highest BCUT2D eigenvalue weighted by atomic mass is 16.6. The average molecular weight is 397 g/mol. The summed E-state index contributed by atoms with van der Waals surface area (Å²) in [4.78, 5) is 22.7. The van der Waals surface area contributed by atoms with E-state index >= 15 is 0 Å². The summed E-state index contributed by atoms with van der Waals surface area (Å²) in [5.74, 6) is 1.51. The first-order valence-corrected chi connectivity index (χ1v) is 9.28. The maximum Gasteiger partial charge on any atom is 0.291 e. The molecule has 29 heavy (non-hydrogen) atoms. The predicted molar refractivity (Wildman–Crippen MR) is 109 cm³/mol. The van der Waals surface area contributed by atoms with Crippen LogP contribution in [0.4, 0.5) is 5.69 Å². The Bertz CT molecular complexity index is 1050. The predicted octanol–water partition coefficient (Wildman–Crippen LogP) is 5.01. The lowest BCUT2D eigenvalue weighted by molar-refractivity contribution is -0.384. The van der Waals surface area contributed by atoms with Gasteiger partial charge in [-0.05, 0) is 56.5 Å². The quantitative estimate of drug-likeness (QED) is 0.520. The molecule has 7 heteroatoms. The monoisotopic (exact) mass is 397 g/mol. The number of ether oxygens (including phenoxy) is 2. The molecule has 1 saturated heterocycles. The van der Waals surface area contributed by atoms with Crippen LogP contribution in [0, 0.1) is 24.0 Å². The number of rotatable bonds is 5. The number of nitro groups is 1. The molecule has 1 aliphatic heterocycles. The van der Waals surface area contributed by atoms with Gasteiger partial charge in [0.25, 0.3) is 11.6 Å². The zero-order chi connectivity index (χ0) is 21.1. The summed E-state index contributed by atoms with van der Waals surface area (Å²) in [5.41, 5.74) is 2.76. The number of allylic oxidation sites excluding steroid dienone is 3. The van der Waals surface area contributed by atoms with Crippen LogP contribution in [0.3, 0.4) is 0 Å². The molecule has 0 amide bonds. The van der Waals surface area contributed by atoms with E-state index in [0.717, 1.165) is 23.3 Å². The van der Waals surface area contributed by atoms with Crippen LogP contribution in [0.25, 0.3) is 6.08 Å². The fraction of sp³-hybridized carbons (Fsp3) is 0.318. The van der Waals surface area contributed by atoms with Gasteiger partial charge in [0.1, 0.15) is 0 Å². The second-order valence-corrected chi connectivity index (χ2v) is 7.03. The van der Waals surface area contributed by atoms with Gasteiger partial charge in [-0.15, -0.1) is 0 Å². The van der Waals surface area contributed by atoms with Gasteiger partial charge in [0.2, 0.25) is 0 Å². The summed E-state index contributed by atoms with van der Waals surface area (Å²) < 4.78 is 17.0. The van der Waals surface area contributed by atoms with E-state index in [4.69, 9.17) is 13.9 Å². The molecule has 0 bridgehead atoms. The maximum absolute atomic E-state index is 12.4. The van der Waals surface area contributed by atoms with E-state index in [-0.39, 0.29) is 23.2 Å². The summed E-state index contributed by atoms with van der Waals surface area (Å²) in [6.07, 6.45) is 4.94. The van der Waals surface area contributed by atoms with Crippen molar-refractivity contribution in [2.24, 2.45) is 0 Å². The molecule has 0 spiro atoms. The Morgan fingerprint density at radius 1 is 1.24 bits per heavy atom. The van der Waals surface area contributed by atoms with E-state index in [1.54, 1.807) is 26.0 Å². The Morgan fingerprint density at radius 3 is 2.55 bits per heavy atom. The van der Waals surface area contributed by atoms with E-state index in [1.165, 1.54) is 19.2 Å². The first-order valence-electron chi connectivity index (χ1n) is 9.28. The van der Waals surface area contributed by atoms with Crippen molar-refractivity contribution in [2.75, 3.05) is 7.11 Å². The van der Waals surface area contributed by atoms with Gasteiger partial charge in [0, 0.05) is 24.1 Å². The third-order valence-corrected chi connectivity index (χ3v) is 4.87. The topological polar surface area (TPSA) is 91.8 Å². The van der Waals surface area contributed by atoms with Gasteiger partial charge in [-0.3, -0.25) is 14.9 Å². The summed E-state index contributed by atoms with van der Waals surface area (Å²) in [7, 11) is 1.47. The lowest BCUT2D eigenvalue weighted by Crippen LogP contribution is -2.15. The summed E-state index contributed by atoms with van der Waals surface area (Å²) in [6, 6.07) is 6.36. The van der Waals surface area contributed by atoms with Gasteiger partial charge >= 0.3 is 0 Å². The molecule has 2 heterocycles. The molecule has 1 aliphatic rings. The molecule has 0 aliphatic carbocycles. The molecule has 0 saturated carbocycles. The largest absolute Gasteiger partial charge is 0.487 e. The van der Waals surface area contributed by atoms with Crippen LogP contribution in [0.1, 0.15) is 48.3 Å². The van der Waals surface area contributed by atoms with Gasteiger partial charge in [-0.25, -0.2) is 0 Å². The zero-order valence-electron chi connectivity index (χ0n) is 16.9. The van der Waals surface area contributed by atoms with Crippen molar-refractivity contribution in [1.29, 1.82) is 0 Å². The Labute approximate surface area is 168 Å². The highest BCUT2D eigenvalue weighted by Crippen LogP contribution is 2.38. The van der Waals surface area contributed by atoms with Gasteiger partial charge in [0.05, 0.1) is 23.4 Å². The number of nitrogens with zero attached hydrogens (tertiary/aromatic N) is 1. The normalized spacial score (nSPS) is 18.0. The molecule has 7 nitrogen and oxygen atoms in total. The lowest BCUT2D eigenvalue weighted by Gasteiger charge is -2.14. The first-order chi connectivity index (χ1) is 13.8. The number of hydrogen-bond donors (Lipinski definition) is 0. The number of nitro benzene ring substituents is 1. The molecule has 0 radical (unpaired) electrons. The maximum atomic E-state index is 12.4. The molecule has 1 aromatic carbocycles. The molecule has 2 aromatic rings. The number of hydrogen-bond acceptors (Lipinski definition) is 6. The van der Waals surface area contributed by atoms with Gasteiger partial charge < -0.3 is 13.9 Å².